The number of fused-ring (bicyclic) bond motifs is 3. The molecule has 0 spiro atoms. The number of carbonyl (C=O) groups is 4. The van der Waals surface area contributed by atoms with Crippen LogP contribution in [0, 0.1) is 11.8 Å². The molecular formula is C24H25NO9. The van der Waals surface area contributed by atoms with E-state index in [9.17, 15) is 39.6 Å². The molecule has 1 aromatic carbocycles. The molecule has 1 fully saturated rings. The summed E-state index contributed by atoms with van der Waals surface area (Å²) in [5.74, 6) is -7.75. The van der Waals surface area contributed by atoms with Gasteiger partial charge in [0.25, 0.3) is 5.91 Å². The number of primary amides is 1. The zero-order valence-electron chi connectivity index (χ0n) is 18.5. The zero-order chi connectivity index (χ0) is 24.9. The minimum absolute atomic E-state index is 0.0110. The first-order chi connectivity index (χ1) is 16.0. The molecule has 3 aliphatic carbocycles. The fourth-order valence-corrected chi connectivity index (χ4v) is 5.20. The summed E-state index contributed by atoms with van der Waals surface area (Å²) in [4.78, 5) is 50.2. The third kappa shape index (κ3) is 3.28. The number of phenolic OH excluding ortho intramolecular Hbond substituents is 1. The summed E-state index contributed by atoms with van der Waals surface area (Å²) >= 11 is 0. The molecule has 0 radical (unpaired) electrons. The maximum absolute atomic E-state index is 13.4. The molecule has 3 aliphatic rings. The van der Waals surface area contributed by atoms with Crippen molar-refractivity contribution in [2.75, 3.05) is 6.61 Å². The van der Waals surface area contributed by atoms with Crippen LogP contribution in [-0.2, 0) is 25.5 Å². The van der Waals surface area contributed by atoms with Crippen LogP contribution >= 0.6 is 0 Å². The molecule has 180 valence electrons. The molecule has 1 aromatic rings. The molecule has 3 atom stereocenters. The van der Waals surface area contributed by atoms with Crippen LogP contribution in [-0.4, -0.2) is 56.1 Å². The molecular weight excluding hydrogens is 446 g/mol. The van der Waals surface area contributed by atoms with Crippen LogP contribution in [0.15, 0.2) is 29.0 Å². The van der Waals surface area contributed by atoms with Crippen molar-refractivity contribution in [3.05, 3.63) is 45.7 Å². The number of nitrogens with two attached hydrogens (primary N) is 1. The number of unbranched alkanes of at least 4 members (excludes halogenated alkanes) is 1. The van der Waals surface area contributed by atoms with Crippen molar-refractivity contribution >= 4 is 29.2 Å². The van der Waals surface area contributed by atoms with Gasteiger partial charge in [-0.25, -0.2) is 4.79 Å². The second-order valence-corrected chi connectivity index (χ2v) is 8.88. The molecule has 4 rings (SSSR count). The van der Waals surface area contributed by atoms with Crippen molar-refractivity contribution in [1.29, 1.82) is 0 Å². The van der Waals surface area contributed by atoms with E-state index >= 15 is 0 Å². The Kier molecular flexibility index (Phi) is 5.72. The molecule has 6 N–H and O–H groups in total. The molecule has 1 unspecified atom stereocenters. The van der Waals surface area contributed by atoms with Gasteiger partial charge in [0.1, 0.15) is 22.8 Å². The third-order valence-electron chi connectivity index (χ3n) is 6.90. The normalized spacial score (nSPS) is 26.1. The SMILES string of the molecule is CCCCOC(=O)c1ccc(O)c2c1C[C@H]1C[C@H]3CC(=O)C(C(N)=O)=C(O)C3(O)C(=O)C1=C2O. The first kappa shape index (κ1) is 23.5. The average Bonchev–Trinajstić information content (AvgIpc) is 2.76. The number of hydrogen-bond donors (Lipinski definition) is 5. The predicted octanol–water partition coefficient (Wildman–Crippen LogP) is 1.38. The second kappa shape index (κ2) is 8.28. The number of benzene rings is 1. The lowest BCUT2D eigenvalue weighted by Crippen LogP contribution is -2.58. The first-order valence-corrected chi connectivity index (χ1v) is 11.0. The minimum Gasteiger partial charge on any atom is -0.508 e. The Morgan fingerprint density at radius 2 is 1.88 bits per heavy atom. The van der Waals surface area contributed by atoms with Gasteiger partial charge in [0, 0.05) is 17.9 Å². The number of ether oxygens (including phenoxy) is 1. The molecule has 0 heterocycles. The van der Waals surface area contributed by atoms with Crippen LogP contribution in [0.3, 0.4) is 0 Å². The highest BCUT2D eigenvalue weighted by Crippen LogP contribution is 2.52. The number of aliphatic hydroxyl groups is 3. The van der Waals surface area contributed by atoms with E-state index < -0.39 is 64.4 Å². The molecule has 1 saturated carbocycles. The number of esters is 1. The fraction of sp³-hybridized carbons (Fsp3) is 0.417. The van der Waals surface area contributed by atoms with Crippen LogP contribution in [0.25, 0.3) is 5.76 Å². The number of rotatable bonds is 5. The van der Waals surface area contributed by atoms with Gasteiger partial charge in [-0.3, -0.25) is 14.4 Å². The Balaban J connectivity index is 1.84. The van der Waals surface area contributed by atoms with Gasteiger partial charge in [0.2, 0.25) is 5.78 Å². The number of aliphatic hydroxyl groups excluding tert-OH is 2. The van der Waals surface area contributed by atoms with Crippen LogP contribution in [0.2, 0.25) is 0 Å². The van der Waals surface area contributed by atoms with E-state index in [1.54, 1.807) is 0 Å². The van der Waals surface area contributed by atoms with Gasteiger partial charge in [-0.2, -0.15) is 0 Å². The summed E-state index contributed by atoms with van der Waals surface area (Å²) in [7, 11) is 0. The molecule has 10 nitrogen and oxygen atoms in total. The smallest absolute Gasteiger partial charge is 0.338 e. The Morgan fingerprint density at radius 3 is 2.53 bits per heavy atom. The van der Waals surface area contributed by atoms with E-state index in [0.717, 1.165) is 6.42 Å². The third-order valence-corrected chi connectivity index (χ3v) is 6.90. The van der Waals surface area contributed by atoms with Crippen LogP contribution < -0.4 is 5.73 Å². The van der Waals surface area contributed by atoms with E-state index in [2.05, 4.69) is 0 Å². The Bertz CT molecular complexity index is 1200. The first-order valence-electron chi connectivity index (χ1n) is 11.0. The predicted molar refractivity (Wildman–Crippen MR) is 117 cm³/mol. The van der Waals surface area contributed by atoms with Crippen molar-refractivity contribution in [3.63, 3.8) is 0 Å². The maximum atomic E-state index is 13.4. The van der Waals surface area contributed by atoms with Gasteiger partial charge in [-0.15, -0.1) is 0 Å². The lowest BCUT2D eigenvalue weighted by Gasteiger charge is -2.46. The average molecular weight is 471 g/mol. The molecule has 34 heavy (non-hydrogen) atoms. The summed E-state index contributed by atoms with van der Waals surface area (Å²) in [6.07, 6.45) is 1.11. The van der Waals surface area contributed by atoms with E-state index in [-0.39, 0.29) is 47.5 Å². The number of ketones is 2. The van der Waals surface area contributed by atoms with Crippen LogP contribution in [0.1, 0.15) is 54.1 Å². The molecule has 0 aliphatic heterocycles. The standard InChI is InChI=1S/C24H25NO9/c1-2-3-6-34-23(32)12-4-5-14(26)17-13(12)8-10-7-11-9-15(27)18(22(25)31)21(30)24(11,33)20(29)16(10)19(17)28/h4-5,10-11,26,28,30,33H,2-3,6-9H2,1H3,(H2,25,31)/t10-,11+,24?/m1/s1. The molecule has 0 aromatic heterocycles. The summed E-state index contributed by atoms with van der Waals surface area (Å²) < 4.78 is 5.28. The van der Waals surface area contributed by atoms with Gasteiger partial charge in [-0.1, -0.05) is 13.3 Å². The lowest BCUT2D eigenvalue weighted by atomic mass is 9.59. The largest absolute Gasteiger partial charge is 0.508 e. The van der Waals surface area contributed by atoms with Crippen LogP contribution in [0.5, 0.6) is 5.75 Å². The second-order valence-electron chi connectivity index (χ2n) is 8.88. The number of hydrogen-bond acceptors (Lipinski definition) is 9. The summed E-state index contributed by atoms with van der Waals surface area (Å²) in [5, 5.41) is 43.2. The topological polar surface area (TPSA) is 184 Å². The highest BCUT2D eigenvalue weighted by Gasteiger charge is 2.60. The number of amides is 1. The monoisotopic (exact) mass is 471 g/mol. The van der Waals surface area contributed by atoms with Crippen molar-refractivity contribution in [3.8, 4) is 5.75 Å². The van der Waals surface area contributed by atoms with E-state index in [1.807, 2.05) is 6.92 Å². The van der Waals surface area contributed by atoms with Crippen molar-refractivity contribution in [2.24, 2.45) is 17.6 Å². The Hall–Kier alpha value is -3.66. The van der Waals surface area contributed by atoms with E-state index in [4.69, 9.17) is 10.5 Å². The number of Topliss-reactive ketones (excluding diaryl/α,β-unsaturated/α-hetero) is 2. The quantitative estimate of drug-likeness (QED) is 0.240. The highest BCUT2D eigenvalue weighted by atomic mass is 16.5. The van der Waals surface area contributed by atoms with Gasteiger partial charge >= 0.3 is 5.97 Å². The number of carbonyl (C=O) groups excluding carboxylic acids is 4. The number of aromatic hydroxyl groups is 1. The summed E-state index contributed by atoms with van der Waals surface area (Å²) in [6.45, 7) is 2.14. The minimum atomic E-state index is -2.62. The molecule has 1 amide bonds. The Morgan fingerprint density at radius 1 is 1.18 bits per heavy atom. The van der Waals surface area contributed by atoms with E-state index in [1.165, 1.54) is 12.1 Å². The lowest BCUT2D eigenvalue weighted by molar-refractivity contribution is -0.147. The van der Waals surface area contributed by atoms with Gasteiger partial charge in [0.05, 0.1) is 17.7 Å². The molecule has 0 bridgehead atoms. The van der Waals surface area contributed by atoms with Gasteiger partial charge in [-0.05, 0) is 42.9 Å². The molecule has 0 saturated heterocycles. The van der Waals surface area contributed by atoms with Gasteiger partial charge < -0.3 is 30.9 Å². The number of phenols is 1. The summed E-state index contributed by atoms with van der Waals surface area (Å²) in [5.41, 5.74) is 1.70. The van der Waals surface area contributed by atoms with Crippen LogP contribution in [0.4, 0.5) is 0 Å². The van der Waals surface area contributed by atoms with Crippen molar-refractivity contribution in [2.45, 2.75) is 44.6 Å². The van der Waals surface area contributed by atoms with Gasteiger partial charge in [0.15, 0.2) is 11.4 Å². The maximum Gasteiger partial charge on any atom is 0.338 e. The highest BCUT2D eigenvalue weighted by molar-refractivity contribution is 6.22. The fourth-order valence-electron chi connectivity index (χ4n) is 5.20. The molecule has 10 heteroatoms. The van der Waals surface area contributed by atoms with E-state index in [0.29, 0.717) is 6.42 Å². The zero-order valence-corrected chi connectivity index (χ0v) is 18.5. The Labute approximate surface area is 194 Å². The van der Waals surface area contributed by atoms with Crippen molar-refractivity contribution in [1.82, 2.24) is 0 Å². The van der Waals surface area contributed by atoms with Crippen molar-refractivity contribution < 1.29 is 44.3 Å². The summed E-state index contributed by atoms with van der Waals surface area (Å²) in [6, 6.07) is 2.57.